The number of benzene rings is 1. The number of urea groups is 1. The number of hydrogen-bond donors (Lipinski definition) is 1. The average Bonchev–Trinajstić information content (AvgIpc) is 2.71. The van der Waals surface area contributed by atoms with E-state index >= 15 is 0 Å². The van der Waals surface area contributed by atoms with Gasteiger partial charge in [-0.15, -0.1) is 0 Å². The Bertz CT molecular complexity index is 983. The Morgan fingerprint density at radius 2 is 1.94 bits per heavy atom. The third-order valence-corrected chi connectivity index (χ3v) is 5.74. The van der Waals surface area contributed by atoms with Crippen molar-refractivity contribution < 1.29 is 27.8 Å². The van der Waals surface area contributed by atoms with Gasteiger partial charge < -0.3 is 9.47 Å². The van der Waals surface area contributed by atoms with E-state index in [1.807, 2.05) is 38.1 Å². The van der Waals surface area contributed by atoms with Gasteiger partial charge in [0.25, 0.3) is 0 Å². The molecule has 7 nitrogen and oxygen atoms in total. The van der Waals surface area contributed by atoms with Crippen molar-refractivity contribution in [2.24, 2.45) is 5.92 Å². The first kappa shape index (κ1) is 23.9. The molecule has 1 aromatic carbocycles. The molecule has 10 heteroatoms. The molecule has 1 heterocycles. The van der Waals surface area contributed by atoms with Crippen LogP contribution in [-0.4, -0.2) is 36.7 Å². The predicted octanol–water partition coefficient (Wildman–Crippen LogP) is 5.56. The highest BCUT2D eigenvalue weighted by molar-refractivity contribution is 9.10. The van der Waals surface area contributed by atoms with Gasteiger partial charge in [-0.2, -0.15) is 8.78 Å². The summed E-state index contributed by atoms with van der Waals surface area (Å²) >= 11 is 3.16. The zero-order chi connectivity index (χ0) is 23.4. The Kier molecular flexibility index (Phi) is 7.65. The third-order valence-electron chi connectivity index (χ3n) is 5.31. The molecule has 0 bridgehead atoms. The van der Waals surface area contributed by atoms with Crippen LogP contribution in [0.2, 0.25) is 0 Å². The summed E-state index contributed by atoms with van der Waals surface area (Å²) in [4.78, 5) is 30.9. The third kappa shape index (κ3) is 5.35. The maximum absolute atomic E-state index is 13.4. The number of nitrogens with zero attached hydrogens (tertiary/aromatic N) is 2. The number of esters is 1. The first-order valence-electron chi connectivity index (χ1n) is 10.1. The molecule has 1 aliphatic carbocycles. The normalized spacial score (nSPS) is 17.6. The maximum Gasteiger partial charge on any atom is 0.387 e. The van der Waals surface area contributed by atoms with E-state index in [-0.39, 0.29) is 35.4 Å². The Labute approximate surface area is 193 Å². The molecular formula is C22H24BrF2N3O4. The van der Waals surface area contributed by atoms with E-state index in [9.17, 15) is 18.4 Å². The number of rotatable bonds is 7. The summed E-state index contributed by atoms with van der Waals surface area (Å²) in [5.41, 5.74) is 1.62. The molecule has 172 valence electrons. The number of pyridine rings is 1. The highest BCUT2D eigenvalue weighted by Gasteiger charge is 2.42. The first-order valence-corrected chi connectivity index (χ1v) is 10.9. The van der Waals surface area contributed by atoms with Crippen LogP contribution in [0.1, 0.15) is 38.2 Å². The number of aromatic nitrogens is 1. The number of hydrogen-bond acceptors (Lipinski definition) is 5. The molecule has 1 fully saturated rings. The lowest BCUT2D eigenvalue weighted by Crippen LogP contribution is -2.52. The first-order chi connectivity index (χ1) is 15.2. The van der Waals surface area contributed by atoms with Crippen molar-refractivity contribution in [3.05, 3.63) is 46.6 Å². The van der Waals surface area contributed by atoms with E-state index in [1.54, 1.807) is 4.90 Å². The van der Waals surface area contributed by atoms with E-state index in [0.29, 0.717) is 23.0 Å². The van der Waals surface area contributed by atoms with Crippen molar-refractivity contribution in [3.8, 4) is 5.75 Å². The second kappa shape index (κ2) is 10.2. The predicted molar refractivity (Wildman–Crippen MR) is 119 cm³/mol. The van der Waals surface area contributed by atoms with Crippen LogP contribution in [0.15, 0.2) is 41.0 Å². The van der Waals surface area contributed by atoms with E-state index < -0.39 is 12.6 Å². The van der Waals surface area contributed by atoms with Crippen molar-refractivity contribution in [3.63, 3.8) is 0 Å². The van der Waals surface area contributed by atoms with Gasteiger partial charge in [-0.1, -0.05) is 32.0 Å². The van der Waals surface area contributed by atoms with Gasteiger partial charge in [-0.25, -0.2) is 9.78 Å². The zero-order valence-electron chi connectivity index (χ0n) is 17.8. The highest BCUT2D eigenvalue weighted by atomic mass is 79.9. The van der Waals surface area contributed by atoms with Gasteiger partial charge in [-0.3, -0.25) is 15.0 Å². The van der Waals surface area contributed by atoms with Crippen molar-refractivity contribution >= 4 is 39.4 Å². The van der Waals surface area contributed by atoms with Gasteiger partial charge in [-0.05, 0) is 46.3 Å². The summed E-state index contributed by atoms with van der Waals surface area (Å²) < 4.78 is 35.4. The smallest absolute Gasteiger partial charge is 0.387 e. The summed E-state index contributed by atoms with van der Waals surface area (Å²) in [5.74, 6) is -0.882. The number of halogens is 3. The number of carbonyl (C=O) groups excluding carboxylic acids is 2. The molecule has 1 N–H and O–H groups in total. The fraction of sp³-hybridized carbons (Fsp3) is 0.409. The Morgan fingerprint density at radius 3 is 2.56 bits per heavy atom. The molecule has 1 aromatic heterocycles. The largest absolute Gasteiger partial charge is 0.469 e. The van der Waals surface area contributed by atoms with Crippen LogP contribution in [0.4, 0.5) is 25.1 Å². The highest BCUT2D eigenvalue weighted by Crippen LogP contribution is 2.39. The lowest BCUT2D eigenvalue weighted by molar-refractivity contribution is -0.148. The maximum atomic E-state index is 13.4. The summed E-state index contributed by atoms with van der Waals surface area (Å²) in [5, 5.41) is 2.60. The van der Waals surface area contributed by atoms with Crippen LogP contribution in [0, 0.1) is 5.92 Å². The molecule has 1 aliphatic rings. The summed E-state index contributed by atoms with van der Waals surface area (Å²) in [7, 11) is 1.33. The molecule has 0 saturated heterocycles. The zero-order valence-corrected chi connectivity index (χ0v) is 19.4. The monoisotopic (exact) mass is 511 g/mol. The Balaban J connectivity index is 1.93. The van der Waals surface area contributed by atoms with Crippen molar-refractivity contribution in [1.29, 1.82) is 0 Å². The van der Waals surface area contributed by atoms with Gasteiger partial charge in [0.05, 0.1) is 13.0 Å². The molecule has 2 amide bonds. The van der Waals surface area contributed by atoms with Crippen molar-refractivity contribution in [1.82, 2.24) is 4.98 Å². The molecule has 0 atom stereocenters. The SMILES string of the molecule is COC(=O)C1CC(N(C(=O)Nc2ncc(Br)cc2OC(F)F)c2ccccc2C(C)C)C1. The van der Waals surface area contributed by atoms with Gasteiger partial charge in [0, 0.05) is 28.5 Å². The number of anilines is 2. The minimum atomic E-state index is -3.08. The number of nitrogens with one attached hydrogen (secondary N) is 1. The van der Waals surface area contributed by atoms with E-state index in [1.165, 1.54) is 19.4 Å². The number of methoxy groups -OCH3 is 1. The van der Waals surface area contributed by atoms with Crippen LogP contribution < -0.4 is 15.0 Å². The van der Waals surface area contributed by atoms with Gasteiger partial charge in [0.1, 0.15) is 0 Å². The minimum Gasteiger partial charge on any atom is -0.469 e. The molecular weight excluding hydrogens is 488 g/mol. The molecule has 0 spiro atoms. The summed E-state index contributed by atoms with van der Waals surface area (Å²) in [6, 6.07) is 7.94. The van der Waals surface area contributed by atoms with Crippen LogP contribution in [0.5, 0.6) is 5.75 Å². The van der Waals surface area contributed by atoms with Crippen molar-refractivity contribution in [2.75, 3.05) is 17.3 Å². The van der Waals surface area contributed by atoms with Crippen molar-refractivity contribution in [2.45, 2.75) is 45.3 Å². The second-order valence-corrected chi connectivity index (χ2v) is 8.65. The quantitative estimate of drug-likeness (QED) is 0.492. The molecule has 32 heavy (non-hydrogen) atoms. The number of amides is 2. The number of ether oxygens (including phenoxy) is 2. The summed E-state index contributed by atoms with van der Waals surface area (Å²) in [6.07, 6.45) is 2.23. The van der Waals surface area contributed by atoms with Crippen LogP contribution in [0.3, 0.4) is 0 Å². The molecule has 1 saturated carbocycles. The fourth-order valence-corrected chi connectivity index (χ4v) is 4.00. The number of alkyl halides is 2. The lowest BCUT2D eigenvalue weighted by atomic mass is 9.79. The van der Waals surface area contributed by atoms with Gasteiger partial charge in [0.2, 0.25) is 0 Å². The standard InChI is InChI=1S/C22H24BrF2N3O4/c1-12(2)16-6-4-5-7-17(16)28(15-8-13(9-15)20(29)31-3)22(30)27-19-18(32-21(24)25)10-14(23)11-26-19/h4-7,10-13,15,21H,8-9H2,1-3H3,(H,26,27,30). The second-order valence-electron chi connectivity index (χ2n) is 7.74. The molecule has 3 rings (SSSR count). The van der Waals surface area contributed by atoms with Gasteiger partial charge >= 0.3 is 18.6 Å². The van der Waals surface area contributed by atoms with Gasteiger partial charge in [0.15, 0.2) is 11.6 Å². The molecule has 0 radical (unpaired) electrons. The minimum absolute atomic E-state index is 0.126. The molecule has 2 aromatic rings. The Morgan fingerprint density at radius 1 is 1.25 bits per heavy atom. The topological polar surface area (TPSA) is 80.8 Å². The fourth-order valence-electron chi connectivity index (χ4n) is 3.69. The summed E-state index contributed by atoms with van der Waals surface area (Å²) in [6.45, 7) is 0.947. The lowest BCUT2D eigenvalue weighted by Gasteiger charge is -2.42. The van der Waals surface area contributed by atoms with E-state index in [4.69, 9.17) is 4.74 Å². The number of carbonyl (C=O) groups is 2. The average molecular weight is 512 g/mol. The van der Waals surface area contributed by atoms with Crippen LogP contribution in [0.25, 0.3) is 0 Å². The molecule has 0 aliphatic heterocycles. The van der Waals surface area contributed by atoms with Crippen LogP contribution in [-0.2, 0) is 9.53 Å². The van der Waals surface area contributed by atoms with Crippen LogP contribution >= 0.6 is 15.9 Å². The van der Waals surface area contributed by atoms with E-state index in [0.717, 1.165) is 5.56 Å². The van der Waals surface area contributed by atoms with E-state index in [2.05, 4.69) is 31.0 Å². The number of para-hydroxylation sites is 1. The molecule has 0 unspecified atom stereocenters. The Hall–Kier alpha value is -2.75.